The number of aromatic nitrogens is 1. The van der Waals surface area contributed by atoms with Crippen molar-refractivity contribution in [3.63, 3.8) is 0 Å². The van der Waals surface area contributed by atoms with Gasteiger partial charge in [0.05, 0.1) is 39.3 Å². The van der Waals surface area contributed by atoms with E-state index in [0.29, 0.717) is 24.6 Å². The van der Waals surface area contributed by atoms with Crippen LogP contribution in [0.2, 0.25) is 0 Å². The molecule has 0 radical (unpaired) electrons. The van der Waals surface area contributed by atoms with Gasteiger partial charge in [-0.05, 0) is 0 Å². The molecule has 2 N–H and O–H groups in total. The fraction of sp³-hybridized carbons (Fsp3) is 0.467. The highest BCUT2D eigenvalue weighted by molar-refractivity contribution is 5.77. The van der Waals surface area contributed by atoms with Crippen molar-refractivity contribution in [3.8, 4) is 11.8 Å². The van der Waals surface area contributed by atoms with E-state index in [0.717, 1.165) is 12.1 Å². The maximum Gasteiger partial charge on any atom is 0.333 e. The maximum atomic E-state index is 11.5. The molecule has 1 rings (SSSR count). The van der Waals surface area contributed by atoms with E-state index < -0.39 is 23.7 Å². The molecule has 1 aromatic rings. The average molecular weight is 343 g/mol. The van der Waals surface area contributed by atoms with Gasteiger partial charge in [-0.15, -0.1) is 11.3 Å². The van der Waals surface area contributed by atoms with Crippen LogP contribution in [0.3, 0.4) is 0 Å². The molecule has 0 unspecified atom stereocenters. The summed E-state index contributed by atoms with van der Waals surface area (Å²) in [7, 11) is 0. The second-order valence-corrected chi connectivity index (χ2v) is 4.50. The minimum absolute atomic E-state index is 0.0640. The topological polar surface area (TPSA) is 116 Å². The van der Waals surface area contributed by atoms with Gasteiger partial charge < -0.3 is 29.3 Å². The monoisotopic (exact) mass is 343 g/mol. The van der Waals surface area contributed by atoms with Crippen molar-refractivity contribution < 1.29 is 38.9 Å². The third-order valence-electron chi connectivity index (χ3n) is 2.62. The molecule has 0 spiro atoms. The molecule has 0 aromatic carbocycles. The minimum atomic E-state index is -0.802. The highest BCUT2D eigenvalue weighted by atomic mass is 16.7. The molecule has 0 saturated carbocycles. The molecule has 0 aliphatic carbocycles. The predicted octanol–water partition coefficient (Wildman–Crippen LogP) is 0.397. The van der Waals surface area contributed by atoms with Gasteiger partial charge in [-0.3, -0.25) is 4.79 Å². The Kier molecular flexibility index (Phi) is 9.02. The van der Waals surface area contributed by atoms with Crippen molar-refractivity contribution >= 4 is 11.9 Å². The van der Waals surface area contributed by atoms with Gasteiger partial charge in [0.1, 0.15) is 6.61 Å². The van der Waals surface area contributed by atoms with Crippen molar-refractivity contribution in [2.24, 2.45) is 0 Å². The van der Waals surface area contributed by atoms with Crippen molar-refractivity contribution in [1.82, 2.24) is 4.73 Å². The fourth-order valence-electron chi connectivity index (χ4n) is 1.52. The van der Waals surface area contributed by atoms with Crippen LogP contribution in [0.5, 0.6) is 11.8 Å². The number of nitrogens with zero attached hydrogens (tertiary/aromatic N) is 1. The average Bonchev–Trinajstić information content (AvgIpc) is 2.87. The van der Waals surface area contributed by atoms with Gasteiger partial charge >= 0.3 is 11.9 Å². The first-order valence-electron chi connectivity index (χ1n) is 7.27. The summed E-state index contributed by atoms with van der Waals surface area (Å²) >= 11 is 0. The van der Waals surface area contributed by atoms with Crippen LogP contribution in [0.1, 0.15) is 12.8 Å². The Morgan fingerprint density at radius 3 is 2.25 bits per heavy atom. The SMILES string of the molecule is C=CCOCCOCCOC(=O)CCC(=O)On1c(O)ccc1O. The minimum Gasteiger partial charge on any atom is -0.492 e. The summed E-state index contributed by atoms with van der Waals surface area (Å²) in [6, 6.07) is 2.30. The normalized spacial score (nSPS) is 10.3. The maximum absolute atomic E-state index is 11.5. The summed E-state index contributed by atoms with van der Waals surface area (Å²) in [5, 5.41) is 18.6. The lowest BCUT2D eigenvalue weighted by molar-refractivity contribution is -0.152. The zero-order valence-corrected chi connectivity index (χ0v) is 13.2. The molecule has 1 heterocycles. The van der Waals surface area contributed by atoms with Crippen LogP contribution >= 0.6 is 0 Å². The molecule has 0 bridgehead atoms. The highest BCUT2D eigenvalue weighted by Crippen LogP contribution is 2.18. The second-order valence-electron chi connectivity index (χ2n) is 4.50. The molecular weight excluding hydrogens is 322 g/mol. The number of aromatic hydroxyl groups is 2. The Morgan fingerprint density at radius 2 is 1.58 bits per heavy atom. The number of hydrogen-bond donors (Lipinski definition) is 2. The van der Waals surface area contributed by atoms with Gasteiger partial charge in [-0.2, -0.15) is 0 Å². The van der Waals surface area contributed by atoms with Crippen LogP contribution in [0.25, 0.3) is 0 Å². The lowest BCUT2D eigenvalue weighted by Gasteiger charge is -2.07. The van der Waals surface area contributed by atoms with E-state index in [2.05, 4.69) is 11.4 Å². The van der Waals surface area contributed by atoms with E-state index in [1.165, 1.54) is 0 Å². The zero-order chi connectivity index (χ0) is 17.8. The number of carbonyl (C=O) groups excluding carboxylic acids is 2. The molecular formula is C15H21NO8. The molecule has 0 amide bonds. The second kappa shape index (κ2) is 11.1. The molecule has 0 aliphatic rings. The molecule has 134 valence electrons. The Morgan fingerprint density at radius 1 is 1.00 bits per heavy atom. The van der Waals surface area contributed by atoms with E-state index in [1.807, 2.05) is 0 Å². The number of esters is 1. The van der Waals surface area contributed by atoms with Crippen LogP contribution in [-0.4, -0.2) is 59.9 Å². The third-order valence-corrected chi connectivity index (χ3v) is 2.62. The summed E-state index contributed by atoms with van der Waals surface area (Å²) in [5.41, 5.74) is 0. The smallest absolute Gasteiger partial charge is 0.333 e. The van der Waals surface area contributed by atoms with Crippen molar-refractivity contribution in [2.45, 2.75) is 12.8 Å². The highest BCUT2D eigenvalue weighted by Gasteiger charge is 2.14. The van der Waals surface area contributed by atoms with E-state index >= 15 is 0 Å². The van der Waals surface area contributed by atoms with E-state index in [4.69, 9.17) is 14.2 Å². The van der Waals surface area contributed by atoms with Crippen LogP contribution in [0.4, 0.5) is 0 Å². The molecule has 0 atom stereocenters. The summed E-state index contributed by atoms with van der Waals surface area (Å²) in [5.74, 6) is -2.25. The molecule has 0 aliphatic heterocycles. The summed E-state index contributed by atoms with van der Waals surface area (Å²) in [6.07, 6.45) is 1.18. The number of ether oxygens (including phenoxy) is 3. The van der Waals surface area contributed by atoms with Crippen LogP contribution in [0, 0.1) is 0 Å². The lowest BCUT2D eigenvalue weighted by atomic mass is 10.3. The zero-order valence-electron chi connectivity index (χ0n) is 13.2. The predicted molar refractivity (Wildman–Crippen MR) is 81.4 cm³/mol. The fourth-order valence-corrected chi connectivity index (χ4v) is 1.52. The summed E-state index contributed by atoms with van der Waals surface area (Å²) in [4.78, 5) is 27.6. The first-order valence-corrected chi connectivity index (χ1v) is 7.27. The Bertz CT molecular complexity index is 520. The van der Waals surface area contributed by atoms with Crippen LogP contribution in [-0.2, 0) is 23.8 Å². The van der Waals surface area contributed by atoms with E-state index in [1.54, 1.807) is 6.08 Å². The molecule has 24 heavy (non-hydrogen) atoms. The number of hydrogen-bond acceptors (Lipinski definition) is 8. The molecule has 9 heteroatoms. The van der Waals surface area contributed by atoms with Gasteiger partial charge in [-0.1, -0.05) is 6.08 Å². The Hall–Kier alpha value is -2.52. The van der Waals surface area contributed by atoms with Gasteiger partial charge in [0.2, 0.25) is 11.8 Å². The van der Waals surface area contributed by atoms with Crippen LogP contribution in [0.15, 0.2) is 24.8 Å². The quantitative estimate of drug-likeness (QED) is 0.318. The number of carbonyl (C=O) groups is 2. The van der Waals surface area contributed by atoms with E-state index in [-0.39, 0.29) is 26.1 Å². The van der Waals surface area contributed by atoms with Crippen molar-refractivity contribution in [3.05, 3.63) is 24.8 Å². The van der Waals surface area contributed by atoms with E-state index in [9.17, 15) is 19.8 Å². The Labute approximate surface area is 138 Å². The van der Waals surface area contributed by atoms with Crippen LogP contribution < -0.4 is 4.84 Å². The lowest BCUT2D eigenvalue weighted by Crippen LogP contribution is -2.20. The number of rotatable bonds is 12. The summed E-state index contributed by atoms with van der Waals surface area (Å²) < 4.78 is 15.7. The molecule has 1 aromatic heterocycles. The standard InChI is InChI=1S/C15H21NO8/c1-2-7-21-8-9-22-10-11-23-14(19)5-6-15(20)24-16-12(17)3-4-13(16)18/h2-4,17-18H,1,5-11H2. The molecule has 9 nitrogen and oxygen atoms in total. The van der Waals surface area contributed by atoms with Crippen molar-refractivity contribution in [1.29, 1.82) is 0 Å². The first kappa shape index (κ1) is 19.5. The summed E-state index contributed by atoms with van der Waals surface area (Å²) in [6.45, 7) is 5.04. The Balaban J connectivity index is 2.07. The van der Waals surface area contributed by atoms with Gasteiger partial charge in [0.15, 0.2) is 0 Å². The van der Waals surface area contributed by atoms with Gasteiger partial charge in [0, 0.05) is 12.1 Å². The van der Waals surface area contributed by atoms with Crippen molar-refractivity contribution in [2.75, 3.05) is 33.0 Å². The van der Waals surface area contributed by atoms with Gasteiger partial charge in [0.25, 0.3) is 0 Å². The largest absolute Gasteiger partial charge is 0.492 e. The first-order chi connectivity index (χ1) is 11.5. The third kappa shape index (κ3) is 7.65. The van der Waals surface area contributed by atoms with Gasteiger partial charge in [-0.25, -0.2) is 4.79 Å². The molecule has 0 saturated heterocycles. The molecule has 0 fully saturated rings.